The Kier molecular flexibility index (Phi) is 6.65. The highest BCUT2D eigenvalue weighted by Crippen LogP contribution is 2.40. The number of amides is 2. The molecule has 2 aliphatic carbocycles. The van der Waals surface area contributed by atoms with E-state index in [2.05, 4.69) is 16.7 Å². The number of carbonyl (C=O) groups is 2. The molecule has 174 valence electrons. The molecule has 5 heteroatoms. The molecule has 33 heavy (non-hydrogen) atoms. The fourth-order valence-corrected chi connectivity index (χ4v) is 5.57. The van der Waals surface area contributed by atoms with Gasteiger partial charge in [-0.25, -0.2) is 0 Å². The summed E-state index contributed by atoms with van der Waals surface area (Å²) in [6.45, 7) is 0. The number of hydrogen-bond acceptors (Lipinski definition) is 3. The summed E-state index contributed by atoms with van der Waals surface area (Å²) in [4.78, 5) is 26.0. The molecule has 3 aliphatic rings. The molecule has 0 atom stereocenters. The van der Waals surface area contributed by atoms with E-state index in [1.165, 1.54) is 12.8 Å². The summed E-state index contributed by atoms with van der Waals surface area (Å²) in [6.07, 6.45) is 12.3. The second kappa shape index (κ2) is 9.98. The zero-order valence-corrected chi connectivity index (χ0v) is 19.3. The van der Waals surface area contributed by atoms with Gasteiger partial charge >= 0.3 is 0 Å². The standard InChI is InChI=1S/C28H34N2O3/c31-27(20-10-3-1-4-11-20)29-22-17-24(30-28(32)21-12-5-2-6-13-21)23-16-15-19-9-7-8-14-25(19)33-26(23)18-22/h7-9,14,17-18,20-21H,1-6,10-13,15-16H2,(H,29,31)(H,30,32). The first-order valence-corrected chi connectivity index (χ1v) is 12.7. The quantitative estimate of drug-likeness (QED) is 0.555. The van der Waals surface area contributed by atoms with E-state index in [1.54, 1.807) is 0 Å². The topological polar surface area (TPSA) is 67.4 Å². The Morgan fingerprint density at radius 2 is 1.36 bits per heavy atom. The van der Waals surface area contributed by atoms with Crippen molar-refractivity contribution in [2.75, 3.05) is 10.6 Å². The first-order valence-electron chi connectivity index (χ1n) is 12.7. The van der Waals surface area contributed by atoms with Crippen LogP contribution in [0.2, 0.25) is 0 Å². The number of para-hydroxylation sites is 1. The second-order valence-corrected chi connectivity index (χ2v) is 9.86. The van der Waals surface area contributed by atoms with Gasteiger partial charge in [0, 0.05) is 34.8 Å². The number of ether oxygens (including phenoxy) is 1. The highest BCUT2D eigenvalue weighted by molar-refractivity contribution is 5.97. The summed E-state index contributed by atoms with van der Waals surface area (Å²) in [6, 6.07) is 11.9. The third kappa shape index (κ3) is 5.07. The van der Waals surface area contributed by atoms with E-state index in [-0.39, 0.29) is 23.7 Å². The predicted octanol–water partition coefficient (Wildman–Crippen LogP) is 6.62. The largest absolute Gasteiger partial charge is 0.457 e. The van der Waals surface area contributed by atoms with Crippen LogP contribution in [0.1, 0.15) is 75.3 Å². The minimum atomic E-state index is 0.0683. The van der Waals surface area contributed by atoms with Gasteiger partial charge in [-0.1, -0.05) is 56.7 Å². The van der Waals surface area contributed by atoms with Gasteiger partial charge < -0.3 is 15.4 Å². The molecule has 1 heterocycles. The first kappa shape index (κ1) is 22.0. The molecule has 0 radical (unpaired) electrons. The highest BCUT2D eigenvalue weighted by atomic mass is 16.5. The van der Waals surface area contributed by atoms with Crippen LogP contribution < -0.4 is 15.4 Å². The summed E-state index contributed by atoms with van der Waals surface area (Å²) in [5, 5.41) is 6.35. The SMILES string of the molecule is O=C(Nc1cc(NC(=O)C2CCCCC2)c2c(c1)Oc1ccccc1CC2)C1CCCCC1. The molecular weight excluding hydrogens is 412 g/mol. The van der Waals surface area contributed by atoms with Crippen molar-refractivity contribution >= 4 is 23.2 Å². The normalized spacial score (nSPS) is 18.9. The molecule has 0 aromatic heterocycles. The van der Waals surface area contributed by atoms with E-state index >= 15 is 0 Å². The molecule has 0 saturated heterocycles. The Hall–Kier alpha value is -2.82. The Balaban J connectivity index is 1.44. The van der Waals surface area contributed by atoms with Crippen LogP contribution in [-0.2, 0) is 22.4 Å². The van der Waals surface area contributed by atoms with Crippen LogP contribution in [0.15, 0.2) is 36.4 Å². The van der Waals surface area contributed by atoms with Crippen LogP contribution in [0.4, 0.5) is 11.4 Å². The summed E-state index contributed by atoms with van der Waals surface area (Å²) in [5.74, 6) is 1.87. The average molecular weight is 447 g/mol. The van der Waals surface area contributed by atoms with E-state index in [0.29, 0.717) is 5.69 Å². The van der Waals surface area contributed by atoms with Crippen LogP contribution in [0, 0.1) is 11.8 Å². The fourth-order valence-electron chi connectivity index (χ4n) is 5.57. The van der Waals surface area contributed by atoms with Gasteiger partial charge in [0.25, 0.3) is 0 Å². The molecular formula is C28H34N2O3. The number of aryl methyl sites for hydroxylation is 1. The van der Waals surface area contributed by atoms with Gasteiger partial charge in [-0.05, 0) is 56.2 Å². The number of hydrogen-bond donors (Lipinski definition) is 2. The van der Waals surface area contributed by atoms with Crippen molar-refractivity contribution in [3.05, 3.63) is 47.5 Å². The molecule has 2 saturated carbocycles. The molecule has 2 N–H and O–H groups in total. The summed E-state index contributed by atoms with van der Waals surface area (Å²) >= 11 is 0. The monoisotopic (exact) mass is 446 g/mol. The highest BCUT2D eigenvalue weighted by Gasteiger charge is 2.26. The Morgan fingerprint density at radius 3 is 2.06 bits per heavy atom. The van der Waals surface area contributed by atoms with Crippen LogP contribution in [0.25, 0.3) is 0 Å². The zero-order valence-electron chi connectivity index (χ0n) is 19.3. The van der Waals surface area contributed by atoms with Gasteiger partial charge in [-0.3, -0.25) is 9.59 Å². The van der Waals surface area contributed by atoms with Gasteiger partial charge in [0.15, 0.2) is 0 Å². The lowest BCUT2D eigenvalue weighted by molar-refractivity contribution is -0.121. The second-order valence-electron chi connectivity index (χ2n) is 9.86. The maximum absolute atomic E-state index is 13.1. The summed E-state index contributed by atoms with van der Waals surface area (Å²) < 4.78 is 6.34. The van der Waals surface area contributed by atoms with Gasteiger partial charge in [0.05, 0.1) is 0 Å². The lowest BCUT2D eigenvalue weighted by atomic mass is 9.88. The third-order valence-electron chi connectivity index (χ3n) is 7.52. The minimum Gasteiger partial charge on any atom is -0.457 e. The lowest BCUT2D eigenvalue weighted by Gasteiger charge is -2.23. The van der Waals surface area contributed by atoms with Crippen molar-refractivity contribution in [1.29, 1.82) is 0 Å². The number of carbonyl (C=O) groups excluding carboxylic acids is 2. The molecule has 5 nitrogen and oxygen atoms in total. The van der Waals surface area contributed by atoms with E-state index in [1.807, 2.05) is 30.3 Å². The average Bonchev–Trinajstić information content (AvgIpc) is 3.04. The molecule has 2 amide bonds. The van der Waals surface area contributed by atoms with Crippen LogP contribution in [0.3, 0.4) is 0 Å². The van der Waals surface area contributed by atoms with Crippen molar-refractivity contribution in [2.45, 2.75) is 77.0 Å². The van der Waals surface area contributed by atoms with Gasteiger partial charge in [0.1, 0.15) is 11.5 Å². The van der Waals surface area contributed by atoms with Crippen molar-refractivity contribution in [3.63, 3.8) is 0 Å². The van der Waals surface area contributed by atoms with E-state index in [9.17, 15) is 9.59 Å². The molecule has 0 unspecified atom stereocenters. The van der Waals surface area contributed by atoms with E-state index < -0.39 is 0 Å². The number of nitrogens with one attached hydrogen (secondary N) is 2. The Bertz CT molecular complexity index is 1020. The van der Waals surface area contributed by atoms with E-state index in [0.717, 1.165) is 92.5 Å². The minimum absolute atomic E-state index is 0.0683. The van der Waals surface area contributed by atoms with Crippen LogP contribution in [0.5, 0.6) is 11.5 Å². The number of rotatable bonds is 4. The van der Waals surface area contributed by atoms with Crippen molar-refractivity contribution in [2.24, 2.45) is 11.8 Å². The Labute approximate surface area is 196 Å². The van der Waals surface area contributed by atoms with Gasteiger partial charge in [-0.15, -0.1) is 0 Å². The maximum atomic E-state index is 13.1. The van der Waals surface area contributed by atoms with Crippen LogP contribution >= 0.6 is 0 Å². The molecule has 2 aromatic carbocycles. The molecule has 1 aliphatic heterocycles. The van der Waals surface area contributed by atoms with Gasteiger partial charge in [0.2, 0.25) is 11.8 Å². The van der Waals surface area contributed by atoms with Crippen molar-refractivity contribution in [3.8, 4) is 11.5 Å². The maximum Gasteiger partial charge on any atom is 0.227 e. The number of benzene rings is 2. The van der Waals surface area contributed by atoms with E-state index in [4.69, 9.17) is 4.74 Å². The van der Waals surface area contributed by atoms with Crippen molar-refractivity contribution < 1.29 is 14.3 Å². The fraction of sp³-hybridized carbons (Fsp3) is 0.500. The summed E-state index contributed by atoms with van der Waals surface area (Å²) in [7, 11) is 0. The van der Waals surface area contributed by atoms with Gasteiger partial charge in [-0.2, -0.15) is 0 Å². The molecule has 2 fully saturated rings. The summed E-state index contributed by atoms with van der Waals surface area (Å²) in [5.41, 5.74) is 3.63. The number of anilines is 2. The molecule has 5 rings (SSSR count). The lowest BCUT2D eigenvalue weighted by Crippen LogP contribution is -2.26. The molecule has 2 aromatic rings. The third-order valence-corrected chi connectivity index (χ3v) is 7.52. The predicted molar refractivity (Wildman–Crippen MR) is 131 cm³/mol. The zero-order chi connectivity index (χ0) is 22.6. The smallest absolute Gasteiger partial charge is 0.227 e. The molecule has 0 bridgehead atoms. The van der Waals surface area contributed by atoms with Crippen LogP contribution in [-0.4, -0.2) is 11.8 Å². The first-order chi connectivity index (χ1) is 16.2. The van der Waals surface area contributed by atoms with Crippen molar-refractivity contribution in [1.82, 2.24) is 0 Å². The Morgan fingerprint density at radius 1 is 0.727 bits per heavy atom. The molecule has 0 spiro atoms. The number of fused-ring (bicyclic) bond motifs is 2.